The number of carbonyl (C=O) groups excluding carboxylic acids is 3. The third kappa shape index (κ3) is 3.89. The minimum Gasteiger partial charge on any atom is -0.355 e. The highest BCUT2D eigenvalue weighted by Gasteiger charge is 2.49. The Morgan fingerprint density at radius 2 is 2.20 bits per heavy atom. The van der Waals surface area contributed by atoms with E-state index in [4.69, 9.17) is 0 Å². The Bertz CT molecular complexity index is 902. The van der Waals surface area contributed by atoms with Crippen LogP contribution in [0.4, 0.5) is 0 Å². The van der Waals surface area contributed by atoms with Crippen LogP contribution in [0.1, 0.15) is 35.9 Å². The monoisotopic (exact) mass is 411 g/mol. The Hall–Kier alpha value is -3.30. The molecule has 3 amide bonds. The van der Waals surface area contributed by atoms with E-state index in [-0.39, 0.29) is 42.3 Å². The maximum absolute atomic E-state index is 12.9. The molecule has 0 spiro atoms. The van der Waals surface area contributed by atoms with Crippen molar-refractivity contribution in [2.75, 3.05) is 19.6 Å². The largest absolute Gasteiger partial charge is 0.355 e. The molecule has 30 heavy (non-hydrogen) atoms. The van der Waals surface area contributed by atoms with Crippen molar-refractivity contribution in [2.45, 2.75) is 38.3 Å². The van der Waals surface area contributed by atoms with Crippen LogP contribution in [0.25, 0.3) is 0 Å². The number of nitrogens with zero attached hydrogens (tertiary/aromatic N) is 5. The molecular formula is C20H25N7O3. The van der Waals surface area contributed by atoms with Crippen molar-refractivity contribution in [1.82, 2.24) is 35.5 Å². The molecule has 0 aromatic carbocycles. The van der Waals surface area contributed by atoms with Gasteiger partial charge in [0.2, 0.25) is 11.8 Å². The fourth-order valence-electron chi connectivity index (χ4n) is 4.50. The van der Waals surface area contributed by atoms with Gasteiger partial charge in [0.05, 0.1) is 23.9 Å². The lowest BCUT2D eigenvalue weighted by atomic mass is 9.96. The molecular weight excluding hydrogens is 386 g/mol. The number of hydrogen-bond donors (Lipinski definition) is 2. The number of hydrogen-bond acceptors (Lipinski definition) is 6. The Morgan fingerprint density at radius 1 is 1.33 bits per heavy atom. The summed E-state index contributed by atoms with van der Waals surface area (Å²) in [6.07, 6.45) is 5.02. The SMILES string of the molecule is CC[C@H]1[C@@H](C(=O)NCCc2cn[nH]n2)C[C@H]2CN(C(=O)c3ccccn3)CC(=O)N21. The molecule has 2 N–H and O–H groups in total. The average molecular weight is 411 g/mol. The fraction of sp³-hybridized carbons (Fsp3) is 0.500. The number of rotatable bonds is 6. The normalized spacial score (nSPS) is 23.4. The molecule has 0 saturated carbocycles. The van der Waals surface area contributed by atoms with E-state index in [1.165, 1.54) is 0 Å². The Morgan fingerprint density at radius 3 is 2.90 bits per heavy atom. The van der Waals surface area contributed by atoms with Gasteiger partial charge in [0.1, 0.15) is 12.2 Å². The highest BCUT2D eigenvalue weighted by atomic mass is 16.2. The second-order valence-electron chi connectivity index (χ2n) is 7.68. The van der Waals surface area contributed by atoms with E-state index in [0.717, 1.165) is 5.69 Å². The van der Waals surface area contributed by atoms with Gasteiger partial charge < -0.3 is 15.1 Å². The summed E-state index contributed by atoms with van der Waals surface area (Å²) < 4.78 is 0. The lowest BCUT2D eigenvalue weighted by Crippen LogP contribution is -2.57. The molecule has 2 fully saturated rings. The van der Waals surface area contributed by atoms with E-state index in [9.17, 15) is 14.4 Å². The van der Waals surface area contributed by atoms with Crippen molar-refractivity contribution < 1.29 is 14.4 Å². The molecule has 0 unspecified atom stereocenters. The molecule has 4 heterocycles. The molecule has 158 valence electrons. The van der Waals surface area contributed by atoms with Crippen LogP contribution in [-0.2, 0) is 16.0 Å². The lowest BCUT2D eigenvalue weighted by Gasteiger charge is -2.39. The molecule has 3 atom stereocenters. The van der Waals surface area contributed by atoms with E-state index < -0.39 is 0 Å². The van der Waals surface area contributed by atoms with Gasteiger partial charge in [-0.25, -0.2) is 0 Å². The molecule has 10 nitrogen and oxygen atoms in total. The molecule has 10 heteroatoms. The number of aromatic amines is 1. The Labute approximate surface area is 174 Å². The quantitative estimate of drug-likeness (QED) is 0.690. The summed E-state index contributed by atoms with van der Waals surface area (Å²) >= 11 is 0. The van der Waals surface area contributed by atoms with Gasteiger partial charge in [0.25, 0.3) is 5.91 Å². The summed E-state index contributed by atoms with van der Waals surface area (Å²) in [7, 11) is 0. The van der Waals surface area contributed by atoms with Gasteiger partial charge in [0, 0.05) is 31.7 Å². The second kappa shape index (κ2) is 8.60. The minimum atomic E-state index is -0.286. The van der Waals surface area contributed by atoms with Crippen LogP contribution >= 0.6 is 0 Å². The third-order valence-corrected chi connectivity index (χ3v) is 5.86. The maximum Gasteiger partial charge on any atom is 0.272 e. The van der Waals surface area contributed by atoms with Crippen molar-refractivity contribution in [2.24, 2.45) is 5.92 Å². The third-order valence-electron chi connectivity index (χ3n) is 5.86. The summed E-state index contributed by atoms with van der Waals surface area (Å²) in [6.45, 7) is 2.88. The molecule has 0 radical (unpaired) electrons. The zero-order valence-electron chi connectivity index (χ0n) is 16.8. The van der Waals surface area contributed by atoms with Crippen LogP contribution in [0.15, 0.2) is 30.6 Å². The standard InChI is InChI=1S/C20H25N7O3/c1-2-17-15(19(29)22-8-6-13-10-23-25-24-13)9-14-11-26(12-18(28)27(14)17)20(30)16-5-3-4-7-21-16/h3-5,7,10,14-15,17H,2,6,8-9,11-12H2,1H3,(H,22,29)(H,23,24,25)/t14-,15-,17-/m0/s1. The average Bonchev–Trinajstić information content (AvgIpc) is 3.41. The van der Waals surface area contributed by atoms with Crippen LogP contribution in [-0.4, -0.2) is 79.6 Å². The van der Waals surface area contributed by atoms with Crippen molar-refractivity contribution in [1.29, 1.82) is 0 Å². The highest BCUT2D eigenvalue weighted by molar-refractivity contribution is 5.96. The Balaban J connectivity index is 1.41. The number of aromatic nitrogens is 4. The molecule has 2 aromatic rings. The van der Waals surface area contributed by atoms with Gasteiger partial charge in [-0.15, -0.1) is 0 Å². The smallest absolute Gasteiger partial charge is 0.272 e. The van der Waals surface area contributed by atoms with Crippen molar-refractivity contribution in [3.8, 4) is 0 Å². The molecule has 4 rings (SSSR count). The number of nitrogens with one attached hydrogen (secondary N) is 2. The van der Waals surface area contributed by atoms with E-state index in [2.05, 4.69) is 25.7 Å². The first kappa shape index (κ1) is 20.0. The lowest BCUT2D eigenvalue weighted by molar-refractivity contribution is -0.139. The highest BCUT2D eigenvalue weighted by Crippen LogP contribution is 2.35. The molecule has 2 aromatic heterocycles. The van der Waals surface area contributed by atoms with Crippen LogP contribution in [0, 0.1) is 5.92 Å². The van der Waals surface area contributed by atoms with E-state index in [1.807, 2.05) is 11.8 Å². The summed E-state index contributed by atoms with van der Waals surface area (Å²) in [4.78, 5) is 46.0. The molecule has 2 aliphatic rings. The van der Waals surface area contributed by atoms with Crippen molar-refractivity contribution in [3.63, 3.8) is 0 Å². The van der Waals surface area contributed by atoms with Crippen LogP contribution < -0.4 is 5.32 Å². The number of amides is 3. The number of pyridine rings is 1. The predicted octanol–water partition coefficient (Wildman–Crippen LogP) is 0.0101. The Kier molecular flexibility index (Phi) is 5.73. The van der Waals surface area contributed by atoms with E-state index >= 15 is 0 Å². The second-order valence-corrected chi connectivity index (χ2v) is 7.68. The first-order valence-corrected chi connectivity index (χ1v) is 10.2. The first-order valence-electron chi connectivity index (χ1n) is 10.2. The number of piperazine rings is 1. The predicted molar refractivity (Wildman–Crippen MR) is 106 cm³/mol. The van der Waals surface area contributed by atoms with E-state index in [1.54, 1.807) is 35.5 Å². The van der Waals surface area contributed by atoms with Gasteiger partial charge in [-0.2, -0.15) is 15.4 Å². The molecule has 2 saturated heterocycles. The number of fused-ring (bicyclic) bond motifs is 1. The number of carbonyl (C=O) groups is 3. The van der Waals surface area contributed by atoms with Crippen molar-refractivity contribution >= 4 is 17.7 Å². The van der Waals surface area contributed by atoms with Crippen molar-refractivity contribution in [3.05, 3.63) is 42.0 Å². The maximum atomic E-state index is 12.9. The van der Waals surface area contributed by atoms with Gasteiger partial charge in [-0.1, -0.05) is 13.0 Å². The molecule has 0 aliphatic carbocycles. The van der Waals surface area contributed by atoms with Gasteiger partial charge >= 0.3 is 0 Å². The van der Waals surface area contributed by atoms with E-state index in [0.29, 0.717) is 38.0 Å². The summed E-state index contributed by atoms with van der Waals surface area (Å²) in [5.74, 6) is -0.709. The summed E-state index contributed by atoms with van der Waals surface area (Å²) in [5, 5.41) is 13.2. The van der Waals surface area contributed by atoms with Crippen LogP contribution in [0.2, 0.25) is 0 Å². The summed E-state index contributed by atoms with van der Waals surface area (Å²) in [5.41, 5.74) is 1.11. The molecule has 0 bridgehead atoms. The first-order chi connectivity index (χ1) is 14.6. The topological polar surface area (TPSA) is 124 Å². The fourth-order valence-corrected chi connectivity index (χ4v) is 4.50. The number of H-pyrrole nitrogens is 1. The van der Waals surface area contributed by atoms with Crippen LogP contribution in [0.5, 0.6) is 0 Å². The van der Waals surface area contributed by atoms with Gasteiger partial charge in [-0.05, 0) is 25.0 Å². The van der Waals surface area contributed by atoms with Gasteiger partial charge in [0.15, 0.2) is 0 Å². The zero-order chi connectivity index (χ0) is 21.1. The van der Waals surface area contributed by atoms with Crippen LogP contribution in [0.3, 0.4) is 0 Å². The molecule has 2 aliphatic heterocycles. The zero-order valence-corrected chi connectivity index (χ0v) is 16.8. The van der Waals surface area contributed by atoms with Gasteiger partial charge in [-0.3, -0.25) is 19.4 Å². The summed E-state index contributed by atoms with van der Waals surface area (Å²) in [6, 6.07) is 4.83. The minimum absolute atomic E-state index is 0.0168.